The van der Waals surface area contributed by atoms with Crippen LogP contribution >= 0.6 is 0 Å². The largest absolute Gasteiger partial charge is 0.477 e. The second-order valence-corrected chi connectivity index (χ2v) is 4.84. The van der Waals surface area contributed by atoms with Gasteiger partial charge in [0.15, 0.2) is 0 Å². The number of H-pyrrole nitrogens is 2. The van der Waals surface area contributed by atoms with Crippen molar-refractivity contribution in [2.24, 2.45) is 0 Å². The van der Waals surface area contributed by atoms with Crippen LogP contribution in [-0.4, -0.2) is 27.0 Å². The van der Waals surface area contributed by atoms with E-state index in [9.17, 15) is 14.4 Å². The molecule has 0 saturated carbocycles. The third-order valence-corrected chi connectivity index (χ3v) is 3.01. The van der Waals surface area contributed by atoms with Crippen molar-refractivity contribution in [2.45, 2.75) is 20.8 Å². The fourth-order valence-corrected chi connectivity index (χ4v) is 2.18. The number of aromatic nitrogens is 2. The lowest BCUT2D eigenvalue weighted by Gasteiger charge is -2.07. The summed E-state index contributed by atoms with van der Waals surface area (Å²) in [6.07, 6.45) is 0. The van der Waals surface area contributed by atoms with Gasteiger partial charge in [0.05, 0.1) is 5.69 Å². The number of aromatic amines is 2. The molecule has 0 aliphatic carbocycles. The number of aromatic carboxylic acids is 1. The van der Waals surface area contributed by atoms with Gasteiger partial charge in [-0.3, -0.25) is 9.59 Å². The fourth-order valence-electron chi connectivity index (χ4n) is 2.18. The van der Waals surface area contributed by atoms with Crippen molar-refractivity contribution in [1.82, 2.24) is 9.97 Å². The molecular formula is C14H15N3O4. The van der Waals surface area contributed by atoms with Gasteiger partial charge in [0.2, 0.25) is 0 Å². The van der Waals surface area contributed by atoms with Crippen molar-refractivity contribution in [2.75, 3.05) is 5.32 Å². The maximum Gasteiger partial charge on any atom is 0.354 e. The average Bonchev–Trinajstić information content (AvgIpc) is 2.68. The smallest absolute Gasteiger partial charge is 0.354 e. The lowest BCUT2D eigenvalue weighted by Crippen LogP contribution is -2.25. The van der Waals surface area contributed by atoms with Gasteiger partial charge in [0, 0.05) is 11.4 Å². The van der Waals surface area contributed by atoms with Gasteiger partial charge >= 0.3 is 5.97 Å². The Balaban J connectivity index is 2.40. The zero-order chi connectivity index (χ0) is 15.7. The predicted octanol–water partition coefficient (Wildman–Crippen LogP) is 1.58. The van der Waals surface area contributed by atoms with Gasteiger partial charge in [-0.05, 0) is 38.5 Å². The second kappa shape index (κ2) is 5.28. The first-order chi connectivity index (χ1) is 9.79. The van der Waals surface area contributed by atoms with Gasteiger partial charge in [-0.15, -0.1) is 0 Å². The standard InChI is InChI=1S/C14H15N3O4/c1-6-4-7(2)16-12(18)10(6)13(19)17-9-5-8(3)15-11(9)14(20)21/h4-5,15H,1-3H3,(H,16,18)(H,17,19)(H,20,21). The van der Waals surface area contributed by atoms with E-state index in [0.717, 1.165) is 0 Å². The number of pyridine rings is 1. The molecule has 0 radical (unpaired) electrons. The Hall–Kier alpha value is -2.83. The molecule has 4 N–H and O–H groups in total. The maximum absolute atomic E-state index is 12.2. The minimum Gasteiger partial charge on any atom is -0.477 e. The first-order valence-corrected chi connectivity index (χ1v) is 6.24. The van der Waals surface area contributed by atoms with Gasteiger partial charge in [-0.25, -0.2) is 4.79 Å². The van der Waals surface area contributed by atoms with Gasteiger partial charge in [0.1, 0.15) is 11.3 Å². The highest BCUT2D eigenvalue weighted by Gasteiger charge is 2.19. The Labute approximate surface area is 120 Å². The van der Waals surface area contributed by atoms with Crippen molar-refractivity contribution in [3.63, 3.8) is 0 Å². The van der Waals surface area contributed by atoms with Gasteiger partial charge in [-0.2, -0.15) is 0 Å². The van der Waals surface area contributed by atoms with Crippen molar-refractivity contribution in [3.8, 4) is 0 Å². The topological polar surface area (TPSA) is 115 Å². The molecule has 0 aromatic carbocycles. The Morgan fingerprint density at radius 1 is 1.10 bits per heavy atom. The monoisotopic (exact) mass is 289 g/mol. The summed E-state index contributed by atoms with van der Waals surface area (Å²) in [5, 5.41) is 11.5. The highest BCUT2D eigenvalue weighted by atomic mass is 16.4. The lowest BCUT2D eigenvalue weighted by atomic mass is 10.1. The number of aryl methyl sites for hydroxylation is 3. The summed E-state index contributed by atoms with van der Waals surface area (Å²) in [7, 11) is 0. The Morgan fingerprint density at radius 2 is 1.71 bits per heavy atom. The van der Waals surface area contributed by atoms with Crippen LogP contribution in [0.25, 0.3) is 0 Å². The van der Waals surface area contributed by atoms with Crippen LogP contribution in [-0.2, 0) is 0 Å². The van der Waals surface area contributed by atoms with Crippen LogP contribution in [0.5, 0.6) is 0 Å². The van der Waals surface area contributed by atoms with E-state index in [1.807, 2.05) is 0 Å². The van der Waals surface area contributed by atoms with Crippen molar-refractivity contribution >= 4 is 17.6 Å². The molecule has 2 aromatic rings. The van der Waals surface area contributed by atoms with Crippen LogP contribution in [0.1, 0.15) is 37.8 Å². The first-order valence-electron chi connectivity index (χ1n) is 6.24. The van der Waals surface area contributed by atoms with Crippen LogP contribution < -0.4 is 10.9 Å². The summed E-state index contributed by atoms with van der Waals surface area (Å²) in [6, 6.07) is 3.18. The Bertz CT molecular complexity index is 786. The fraction of sp³-hybridized carbons (Fsp3) is 0.214. The Morgan fingerprint density at radius 3 is 2.29 bits per heavy atom. The van der Waals surface area contributed by atoms with E-state index in [1.165, 1.54) is 6.07 Å². The summed E-state index contributed by atoms with van der Waals surface area (Å²) < 4.78 is 0. The number of hydrogen-bond donors (Lipinski definition) is 4. The molecule has 110 valence electrons. The molecular weight excluding hydrogens is 274 g/mol. The highest BCUT2D eigenvalue weighted by Crippen LogP contribution is 2.18. The molecule has 0 saturated heterocycles. The quantitative estimate of drug-likeness (QED) is 0.686. The summed E-state index contributed by atoms with van der Waals surface area (Å²) in [5.74, 6) is -1.83. The molecule has 21 heavy (non-hydrogen) atoms. The molecule has 1 amide bonds. The third-order valence-electron chi connectivity index (χ3n) is 3.01. The summed E-state index contributed by atoms with van der Waals surface area (Å²) in [4.78, 5) is 40.4. The molecule has 7 nitrogen and oxygen atoms in total. The molecule has 0 fully saturated rings. The molecule has 0 aliphatic rings. The average molecular weight is 289 g/mol. The molecule has 2 aromatic heterocycles. The van der Waals surface area contributed by atoms with Crippen LogP contribution in [0.3, 0.4) is 0 Å². The predicted molar refractivity (Wildman–Crippen MR) is 77.0 cm³/mol. The number of amides is 1. The van der Waals surface area contributed by atoms with Crippen molar-refractivity contribution in [1.29, 1.82) is 0 Å². The lowest BCUT2D eigenvalue weighted by molar-refractivity contribution is 0.0692. The van der Waals surface area contributed by atoms with E-state index in [-0.39, 0.29) is 16.9 Å². The number of hydrogen-bond acceptors (Lipinski definition) is 3. The van der Waals surface area contributed by atoms with E-state index >= 15 is 0 Å². The highest BCUT2D eigenvalue weighted by molar-refractivity contribution is 6.07. The van der Waals surface area contributed by atoms with E-state index in [0.29, 0.717) is 17.0 Å². The third kappa shape index (κ3) is 2.86. The summed E-state index contributed by atoms with van der Waals surface area (Å²) in [5.41, 5.74) is 1.24. The number of carbonyl (C=O) groups is 2. The normalized spacial score (nSPS) is 10.4. The van der Waals surface area contributed by atoms with Gasteiger partial charge < -0.3 is 20.4 Å². The van der Waals surface area contributed by atoms with Gasteiger partial charge in [0.25, 0.3) is 11.5 Å². The second-order valence-electron chi connectivity index (χ2n) is 4.84. The zero-order valence-corrected chi connectivity index (χ0v) is 11.8. The van der Waals surface area contributed by atoms with Crippen molar-refractivity contribution in [3.05, 3.63) is 50.7 Å². The number of carbonyl (C=O) groups excluding carboxylic acids is 1. The zero-order valence-electron chi connectivity index (χ0n) is 11.8. The molecule has 2 rings (SSSR count). The van der Waals surface area contributed by atoms with Crippen LogP contribution in [0.4, 0.5) is 5.69 Å². The van der Waals surface area contributed by atoms with E-state index < -0.39 is 17.4 Å². The van der Waals surface area contributed by atoms with Crippen LogP contribution in [0.2, 0.25) is 0 Å². The number of carboxylic acid groups (broad SMARTS) is 1. The molecule has 0 aliphatic heterocycles. The summed E-state index contributed by atoms with van der Waals surface area (Å²) in [6.45, 7) is 5.04. The molecule has 0 unspecified atom stereocenters. The first kappa shape index (κ1) is 14.6. The van der Waals surface area contributed by atoms with Crippen molar-refractivity contribution < 1.29 is 14.7 Å². The molecule has 2 heterocycles. The van der Waals surface area contributed by atoms with Crippen LogP contribution in [0.15, 0.2) is 16.9 Å². The van der Waals surface area contributed by atoms with Gasteiger partial charge in [-0.1, -0.05) is 0 Å². The number of carboxylic acids is 1. The SMILES string of the molecule is Cc1cc(NC(=O)c2c(C)cc(C)[nH]c2=O)c(C(=O)O)[nH]1. The maximum atomic E-state index is 12.2. The number of anilines is 1. The summed E-state index contributed by atoms with van der Waals surface area (Å²) >= 11 is 0. The van der Waals surface area contributed by atoms with Crippen LogP contribution in [0, 0.1) is 20.8 Å². The number of rotatable bonds is 3. The minimum absolute atomic E-state index is 0.0317. The molecule has 0 bridgehead atoms. The van der Waals surface area contributed by atoms with E-state index in [4.69, 9.17) is 5.11 Å². The Kier molecular flexibility index (Phi) is 3.66. The van der Waals surface area contributed by atoms with E-state index in [2.05, 4.69) is 15.3 Å². The number of nitrogens with one attached hydrogen (secondary N) is 3. The minimum atomic E-state index is -1.19. The molecule has 7 heteroatoms. The van der Waals surface area contributed by atoms with E-state index in [1.54, 1.807) is 26.8 Å². The molecule has 0 atom stereocenters. The molecule has 0 spiro atoms.